The third kappa shape index (κ3) is 2.71. The molecular formula is C11H20NO. The molecule has 0 aromatic heterocycles. The first kappa shape index (κ1) is 10.6. The molecule has 0 aliphatic heterocycles. The van der Waals surface area contributed by atoms with Gasteiger partial charge in [-0.1, -0.05) is 20.8 Å². The van der Waals surface area contributed by atoms with Crippen LogP contribution in [0.5, 0.6) is 0 Å². The van der Waals surface area contributed by atoms with Gasteiger partial charge in [0.15, 0.2) is 0 Å². The summed E-state index contributed by atoms with van der Waals surface area (Å²) in [5.41, 5.74) is 5.58. The molecule has 1 amide bonds. The van der Waals surface area contributed by atoms with Gasteiger partial charge in [-0.15, -0.1) is 0 Å². The zero-order chi connectivity index (χ0) is 10.1. The number of amides is 1. The Morgan fingerprint density at radius 1 is 1.31 bits per heavy atom. The Morgan fingerprint density at radius 2 is 1.77 bits per heavy atom. The number of rotatable bonds is 1. The van der Waals surface area contributed by atoms with Gasteiger partial charge in [-0.25, -0.2) is 0 Å². The Bertz CT molecular complexity index is 185. The van der Waals surface area contributed by atoms with Crippen LogP contribution in [-0.2, 0) is 4.79 Å². The van der Waals surface area contributed by atoms with E-state index >= 15 is 0 Å². The van der Waals surface area contributed by atoms with Crippen molar-refractivity contribution < 1.29 is 4.79 Å². The van der Waals surface area contributed by atoms with Crippen LogP contribution in [0.2, 0.25) is 0 Å². The molecule has 13 heavy (non-hydrogen) atoms. The maximum atomic E-state index is 10.9. The molecule has 0 aromatic carbocycles. The van der Waals surface area contributed by atoms with E-state index in [1.807, 2.05) is 0 Å². The second-order valence-corrected chi connectivity index (χ2v) is 5.03. The van der Waals surface area contributed by atoms with Crippen molar-refractivity contribution in [1.29, 1.82) is 0 Å². The average molecular weight is 182 g/mol. The molecule has 0 saturated heterocycles. The summed E-state index contributed by atoms with van der Waals surface area (Å²) < 4.78 is 0. The second-order valence-electron chi connectivity index (χ2n) is 5.03. The Kier molecular flexibility index (Phi) is 2.99. The molecule has 1 saturated carbocycles. The molecular weight excluding hydrogens is 162 g/mol. The number of hydrogen-bond acceptors (Lipinski definition) is 1. The highest BCUT2D eigenvalue weighted by Crippen LogP contribution is 2.41. The van der Waals surface area contributed by atoms with E-state index in [0.29, 0.717) is 5.41 Å². The highest BCUT2D eigenvalue weighted by Gasteiger charge is 2.31. The van der Waals surface area contributed by atoms with Crippen molar-refractivity contribution in [3.63, 3.8) is 0 Å². The van der Waals surface area contributed by atoms with Crippen LogP contribution in [0.3, 0.4) is 0 Å². The summed E-state index contributed by atoms with van der Waals surface area (Å²) in [6, 6.07) is 0. The third-order valence-corrected chi connectivity index (χ3v) is 3.05. The van der Waals surface area contributed by atoms with E-state index in [4.69, 9.17) is 5.73 Å². The van der Waals surface area contributed by atoms with Crippen molar-refractivity contribution in [3.8, 4) is 0 Å². The summed E-state index contributed by atoms with van der Waals surface area (Å²) in [5.74, 6) is 1.60. The van der Waals surface area contributed by atoms with Crippen LogP contribution in [0.25, 0.3) is 0 Å². The molecule has 2 nitrogen and oxygen atoms in total. The number of primary amides is 1. The summed E-state index contributed by atoms with van der Waals surface area (Å²) in [6.07, 6.45) is 4.08. The van der Waals surface area contributed by atoms with Gasteiger partial charge in [0.1, 0.15) is 0 Å². The fourth-order valence-corrected chi connectivity index (χ4v) is 2.00. The first-order valence-corrected chi connectivity index (χ1v) is 5.06. The molecule has 0 atom stereocenters. The zero-order valence-corrected chi connectivity index (χ0v) is 8.89. The minimum Gasteiger partial charge on any atom is -0.369 e. The minimum atomic E-state index is -0.118. The van der Waals surface area contributed by atoms with E-state index in [1.54, 1.807) is 5.92 Å². The number of nitrogens with two attached hydrogens (primary N) is 1. The van der Waals surface area contributed by atoms with Crippen LogP contribution in [0, 0.1) is 17.3 Å². The third-order valence-electron chi connectivity index (χ3n) is 3.05. The van der Waals surface area contributed by atoms with Crippen molar-refractivity contribution in [3.05, 3.63) is 5.92 Å². The van der Waals surface area contributed by atoms with Crippen molar-refractivity contribution in [2.24, 2.45) is 17.1 Å². The summed E-state index contributed by atoms with van der Waals surface area (Å²) in [4.78, 5) is 10.9. The van der Waals surface area contributed by atoms with Crippen molar-refractivity contribution in [1.82, 2.24) is 0 Å². The molecule has 0 bridgehead atoms. The van der Waals surface area contributed by atoms with Crippen LogP contribution in [0.1, 0.15) is 46.5 Å². The number of carbonyl (C=O) groups excluding carboxylic acids is 1. The van der Waals surface area contributed by atoms with Crippen molar-refractivity contribution in [2.75, 3.05) is 0 Å². The van der Waals surface area contributed by atoms with E-state index in [2.05, 4.69) is 20.8 Å². The molecule has 2 heteroatoms. The normalized spacial score (nSPS) is 21.8. The summed E-state index contributed by atoms with van der Waals surface area (Å²) in [7, 11) is 0. The zero-order valence-electron chi connectivity index (χ0n) is 8.89. The van der Waals surface area contributed by atoms with Crippen LogP contribution in [0.15, 0.2) is 0 Å². The molecule has 0 heterocycles. The fourth-order valence-electron chi connectivity index (χ4n) is 2.00. The highest BCUT2D eigenvalue weighted by atomic mass is 16.1. The summed E-state index contributed by atoms with van der Waals surface area (Å²) in [5, 5.41) is 0. The van der Waals surface area contributed by atoms with Gasteiger partial charge in [0.25, 0.3) is 0 Å². The molecule has 1 rings (SSSR count). The van der Waals surface area contributed by atoms with Crippen LogP contribution < -0.4 is 5.73 Å². The lowest BCUT2D eigenvalue weighted by Crippen LogP contribution is -2.30. The molecule has 1 aliphatic rings. The van der Waals surface area contributed by atoms with Gasteiger partial charge in [-0.2, -0.15) is 0 Å². The topological polar surface area (TPSA) is 43.1 Å². The van der Waals surface area contributed by atoms with Gasteiger partial charge in [0.05, 0.1) is 0 Å². The Hall–Kier alpha value is -0.530. The summed E-state index contributed by atoms with van der Waals surface area (Å²) >= 11 is 0. The van der Waals surface area contributed by atoms with Gasteiger partial charge in [0.2, 0.25) is 5.91 Å². The van der Waals surface area contributed by atoms with Crippen molar-refractivity contribution >= 4 is 5.91 Å². The number of carbonyl (C=O) groups is 1. The van der Waals surface area contributed by atoms with E-state index in [-0.39, 0.29) is 11.8 Å². The van der Waals surface area contributed by atoms with Gasteiger partial charge in [-0.3, -0.25) is 4.79 Å². The van der Waals surface area contributed by atoms with Crippen molar-refractivity contribution in [2.45, 2.75) is 46.5 Å². The maximum absolute atomic E-state index is 10.9. The molecule has 0 unspecified atom stereocenters. The van der Waals surface area contributed by atoms with Gasteiger partial charge >= 0.3 is 0 Å². The van der Waals surface area contributed by atoms with E-state index in [9.17, 15) is 4.79 Å². The second kappa shape index (κ2) is 3.69. The maximum Gasteiger partial charge on any atom is 0.220 e. The molecule has 2 N–H and O–H groups in total. The lowest BCUT2D eigenvalue weighted by atomic mass is 9.70. The van der Waals surface area contributed by atoms with E-state index in [0.717, 1.165) is 25.7 Å². The smallest absolute Gasteiger partial charge is 0.220 e. The van der Waals surface area contributed by atoms with Crippen LogP contribution >= 0.6 is 0 Å². The molecule has 0 aromatic rings. The van der Waals surface area contributed by atoms with Crippen LogP contribution in [0.4, 0.5) is 0 Å². The lowest BCUT2D eigenvalue weighted by molar-refractivity contribution is -0.122. The standard InChI is InChI=1S/C11H20NO/c1-11(2,3)9-6-4-8(5-7-9)10(12)13/h8H,4-7H2,1-3H3,(H2,12,13). The Labute approximate surface area is 80.9 Å². The molecule has 0 spiro atoms. The quantitative estimate of drug-likeness (QED) is 0.664. The van der Waals surface area contributed by atoms with Gasteiger partial charge in [0, 0.05) is 5.92 Å². The predicted molar refractivity (Wildman–Crippen MR) is 53.9 cm³/mol. The summed E-state index contributed by atoms with van der Waals surface area (Å²) in [6.45, 7) is 6.73. The SMILES string of the molecule is CC(C)(C)[C]1CCC(C(N)=O)CC1. The largest absolute Gasteiger partial charge is 0.369 e. The predicted octanol–water partition coefficient (Wildman–Crippen LogP) is 2.28. The lowest BCUT2D eigenvalue weighted by Gasteiger charge is -2.35. The molecule has 75 valence electrons. The van der Waals surface area contributed by atoms with E-state index < -0.39 is 0 Å². The van der Waals surface area contributed by atoms with Gasteiger partial charge < -0.3 is 5.73 Å². The van der Waals surface area contributed by atoms with Crippen LogP contribution in [-0.4, -0.2) is 5.91 Å². The average Bonchev–Trinajstić information content (AvgIpc) is 2.03. The molecule has 1 aliphatic carbocycles. The first-order chi connectivity index (χ1) is 5.91. The monoisotopic (exact) mass is 182 g/mol. The Morgan fingerprint density at radius 3 is 2.08 bits per heavy atom. The van der Waals surface area contributed by atoms with E-state index in [1.165, 1.54) is 0 Å². The van der Waals surface area contributed by atoms with Gasteiger partial charge in [-0.05, 0) is 37.0 Å². The Balaban J connectivity index is 2.44. The minimum absolute atomic E-state index is 0.118. The molecule has 1 fully saturated rings. The molecule has 1 radical (unpaired) electrons. The number of hydrogen-bond donors (Lipinski definition) is 1. The highest BCUT2D eigenvalue weighted by molar-refractivity contribution is 5.76. The fraction of sp³-hybridized carbons (Fsp3) is 0.818. The first-order valence-electron chi connectivity index (χ1n) is 5.06.